The molecule has 0 aliphatic heterocycles. The van der Waals surface area contributed by atoms with Crippen LogP contribution in [0.15, 0.2) is 42.5 Å². The number of nitrogens with one attached hydrogen (secondary N) is 1. The third-order valence-electron chi connectivity index (χ3n) is 4.41. The van der Waals surface area contributed by atoms with Crippen molar-refractivity contribution < 1.29 is 4.79 Å². The summed E-state index contributed by atoms with van der Waals surface area (Å²) in [7, 11) is 0. The zero-order valence-corrected chi connectivity index (χ0v) is 13.4. The number of nitrogens with two attached hydrogens (primary N) is 1. The highest BCUT2D eigenvalue weighted by Gasteiger charge is 2.20. The third kappa shape index (κ3) is 3.79. The number of halogens is 1. The standard InChI is InChI=1S/C18H22N2O.ClH/c19-15-8-3-5-13(11-15)12-20-18(21)17-10-4-7-14-6-1-2-9-16(14)17;/h1-2,4,6-7,9-10,13,15H,3,5,8,11-12,19H2,(H,20,21);1H. The Morgan fingerprint density at radius 2 is 1.91 bits per heavy atom. The van der Waals surface area contributed by atoms with Gasteiger partial charge in [-0.25, -0.2) is 0 Å². The average molecular weight is 319 g/mol. The van der Waals surface area contributed by atoms with Crippen LogP contribution in [0, 0.1) is 5.92 Å². The van der Waals surface area contributed by atoms with E-state index in [4.69, 9.17) is 5.73 Å². The minimum Gasteiger partial charge on any atom is -0.352 e. The van der Waals surface area contributed by atoms with E-state index in [1.54, 1.807) is 0 Å². The van der Waals surface area contributed by atoms with E-state index >= 15 is 0 Å². The van der Waals surface area contributed by atoms with Crippen molar-refractivity contribution >= 4 is 29.1 Å². The molecule has 2 aromatic rings. The van der Waals surface area contributed by atoms with E-state index in [1.165, 1.54) is 12.8 Å². The summed E-state index contributed by atoms with van der Waals surface area (Å²) >= 11 is 0. The molecule has 2 unspecified atom stereocenters. The van der Waals surface area contributed by atoms with Gasteiger partial charge in [0.05, 0.1) is 0 Å². The first kappa shape index (κ1) is 16.8. The van der Waals surface area contributed by atoms with Crippen LogP contribution in [0.5, 0.6) is 0 Å². The largest absolute Gasteiger partial charge is 0.352 e. The molecule has 1 saturated carbocycles. The van der Waals surface area contributed by atoms with Crippen LogP contribution in [0.2, 0.25) is 0 Å². The van der Waals surface area contributed by atoms with Gasteiger partial charge in [0.2, 0.25) is 0 Å². The molecule has 0 radical (unpaired) electrons. The molecule has 3 nitrogen and oxygen atoms in total. The molecule has 118 valence electrons. The number of hydrogen-bond acceptors (Lipinski definition) is 2. The summed E-state index contributed by atoms with van der Waals surface area (Å²) in [5.41, 5.74) is 6.76. The van der Waals surface area contributed by atoms with Crippen molar-refractivity contribution in [3.8, 4) is 0 Å². The van der Waals surface area contributed by atoms with Crippen molar-refractivity contribution in [3.05, 3.63) is 48.0 Å². The van der Waals surface area contributed by atoms with E-state index < -0.39 is 0 Å². The van der Waals surface area contributed by atoms with E-state index in [0.717, 1.165) is 35.7 Å². The number of benzene rings is 2. The summed E-state index contributed by atoms with van der Waals surface area (Å²) < 4.78 is 0. The molecule has 0 bridgehead atoms. The zero-order valence-electron chi connectivity index (χ0n) is 12.6. The second-order valence-electron chi connectivity index (χ2n) is 6.03. The molecule has 1 fully saturated rings. The summed E-state index contributed by atoms with van der Waals surface area (Å²) in [6, 6.07) is 14.2. The Morgan fingerprint density at radius 1 is 1.14 bits per heavy atom. The zero-order chi connectivity index (χ0) is 14.7. The molecule has 0 saturated heterocycles. The first-order valence-corrected chi connectivity index (χ1v) is 7.75. The number of fused-ring (bicyclic) bond motifs is 1. The van der Waals surface area contributed by atoms with Gasteiger partial charge in [0.25, 0.3) is 5.91 Å². The van der Waals surface area contributed by atoms with Gasteiger partial charge in [0.1, 0.15) is 0 Å². The van der Waals surface area contributed by atoms with E-state index in [9.17, 15) is 4.79 Å². The Labute approximate surface area is 137 Å². The van der Waals surface area contributed by atoms with Gasteiger partial charge in [-0.15, -0.1) is 12.4 Å². The lowest BCUT2D eigenvalue weighted by atomic mass is 9.86. The monoisotopic (exact) mass is 318 g/mol. The van der Waals surface area contributed by atoms with E-state index in [-0.39, 0.29) is 18.3 Å². The lowest BCUT2D eigenvalue weighted by Crippen LogP contribution is -2.35. The van der Waals surface area contributed by atoms with Gasteiger partial charge in [0.15, 0.2) is 0 Å². The second kappa shape index (κ2) is 7.61. The van der Waals surface area contributed by atoms with Gasteiger partial charge in [-0.3, -0.25) is 4.79 Å². The lowest BCUT2D eigenvalue weighted by Gasteiger charge is -2.26. The molecule has 3 rings (SSSR count). The summed E-state index contributed by atoms with van der Waals surface area (Å²) in [6.45, 7) is 0.732. The average Bonchev–Trinajstić information content (AvgIpc) is 2.52. The number of rotatable bonds is 3. The highest BCUT2D eigenvalue weighted by atomic mass is 35.5. The minimum atomic E-state index is 0. The Kier molecular flexibility index (Phi) is 5.81. The molecule has 4 heteroatoms. The normalized spacial score (nSPS) is 21.1. The highest BCUT2D eigenvalue weighted by Crippen LogP contribution is 2.23. The number of hydrogen-bond donors (Lipinski definition) is 2. The fourth-order valence-corrected chi connectivity index (χ4v) is 3.27. The fourth-order valence-electron chi connectivity index (χ4n) is 3.27. The third-order valence-corrected chi connectivity index (χ3v) is 4.41. The minimum absolute atomic E-state index is 0. The summed E-state index contributed by atoms with van der Waals surface area (Å²) in [6.07, 6.45) is 4.49. The number of carbonyl (C=O) groups excluding carboxylic acids is 1. The van der Waals surface area contributed by atoms with Crippen molar-refractivity contribution in [1.82, 2.24) is 5.32 Å². The van der Waals surface area contributed by atoms with Crippen LogP contribution in [0.4, 0.5) is 0 Å². The van der Waals surface area contributed by atoms with Crippen LogP contribution >= 0.6 is 12.4 Å². The Bertz CT molecular complexity index is 639. The van der Waals surface area contributed by atoms with Crippen LogP contribution in [0.25, 0.3) is 10.8 Å². The van der Waals surface area contributed by atoms with Gasteiger partial charge >= 0.3 is 0 Å². The molecule has 0 heterocycles. The van der Waals surface area contributed by atoms with Crippen molar-refractivity contribution in [1.29, 1.82) is 0 Å². The SMILES string of the molecule is Cl.NC1CCCC(CNC(=O)c2cccc3ccccc23)C1. The van der Waals surface area contributed by atoms with E-state index in [0.29, 0.717) is 12.0 Å². The Balaban J connectivity index is 0.00000176. The quantitative estimate of drug-likeness (QED) is 0.910. The van der Waals surface area contributed by atoms with Crippen LogP contribution in [-0.4, -0.2) is 18.5 Å². The predicted octanol–water partition coefficient (Wildman–Crippen LogP) is 3.51. The summed E-state index contributed by atoms with van der Waals surface area (Å²) in [4.78, 5) is 12.4. The van der Waals surface area contributed by atoms with Crippen LogP contribution in [0.1, 0.15) is 36.0 Å². The van der Waals surface area contributed by atoms with Crippen LogP contribution in [0.3, 0.4) is 0 Å². The molecule has 1 aliphatic rings. The van der Waals surface area contributed by atoms with Gasteiger partial charge in [-0.05, 0) is 42.0 Å². The van der Waals surface area contributed by atoms with Crippen LogP contribution < -0.4 is 11.1 Å². The molecule has 2 atom stereocenters. The summed E-state index contributed by atoms with van der Waals surface area (Å²) in [5, 5.41) is 5.20. The molecule has 0 aromatic heterocycles. The van der Waals surface area contributed by atoms with Gasteiger partial charge in [0, 0.05) is 18.2 Å². The topological polar surface area (TPSA) is 55.1 Å². The van der Waals surface area contributed by atoms with Gasteiger partial charge in [-0.2, -0.15) is 0 Å². The molecule has 1 amide bonds. The van der Waals surface area contributed by atoms with Crippen molar-refractivity contribution in [3.63, 3.8) is 0 Å². The molecule has 0 spiro atoms. The lowest BCUT2D eigenvalue weighted by molar-refractivity contribution is 0.0944. The van der Waals surface area contributed by atoms with Crippen molar-refractivity contribution in [2.75, 3.05) is 6.54 Å². The number of amides is 1. The van der Waals surface area contributed by atoms with Gasteiger partial charge in [-0.1, -0.05) is 42.8 Å². The first-order chi connectivity index (χ1) is 10.2. The summed E-state index contributed by atoms with van der Waals surface area (Å²) in [5.74, 6) is 0.540. The Morgan fingerprint density at radius 3 is 2.73 bits per heavy atom. The maximum atomic E-state index is 12.4. The van der Waals surface area contributed by atoms with E-state index in [2.05, 4.69) is 5.32 Å². The first-order valence-electron chi connectivity index (χ1n) is 7.75. The maximum Gasteiger partial charge on any atom is 0.251 e. The van der Waals surface area contributed by atoms with E-state index in [1.807, 2.05) is 42.5 Å². The molecule has 22 heavy (non-hydrogen) atoms. The highest BCUT2D eigenvalue weighted by molar-refractivity contribution is 6.06. The fraction of sp³-hybridized carbons (Fsp3) is 0.389. The maximum absolute atomic E-state index is 12.4. The second-order valence-corrected chi connectivity index (χ2v) is 6.03. The van der Waals surface area contributed by atoms with Crippen molar-refractivity contribution in [2.45, 2.75) is 31.7 Å². The molecular weight excluding hydrogens is 296 g/mol. The molecule has 3 N–H and O–H groups in total. The van der Waals surface area contributed by atoms with Gasteiger partial charge < -0.3 is 11.1 Å². The Hall–Kier alpha value is -1.58. The number of carbonyl (C=O) groups is 1. The van der Waals surface area contributed by atoms with Crippen molar-refractivity contribution in [2.24, 2.45) is 11.7 Å². The van der Waals surface area contributed by atoms with Crippen LogP contribution in [-0.2, 0) is 0 Å². The smallest absolute Gasteiger partial charge is 0.251 e. The molecule has 1 aliphatic carbocycles. The predicted molar refractivity (Wildman–Crippen MR) is 93.5 cm³/mol. The molecular formula is C18H23ClN2O. The molecule has 2 aromatic carbocycles.